The molecule has 140 valence electrons. The summed E-state index contributed by atoms with van der Waals surface area (Å²) in [6.45, 7) is 4.77. The van der Waals surface area contributed by atoms with E-state index >= 15 is 0 Å². The number of carbonyl (C=O) groups excluding carboxylic acids is 1. The highest BCUT2D eigenvalue weighted by Gasteiger charge is 2.35. The van der Waals surface area contributed by atoms with E-state index < -0.39 is 0 Å². The zero-order valence-electron chi connectivity index (χ0n) is 15.2. The third-order valence-electron chi connectivity index (χ3n) is 4.85. The molecule has 0 N–H and O–H groups in total. The first-order valence-corrected chi connectivity index (χ1v) is 9.41. The first-order valence-electron chi connectivity index (χ1n) is 9.03. The van der Waals surface area contributed by atoms with Crippen LogP contribution in [0, 0.1) is 0 Å². The number of rotatable bonds is 4. The van der Waals surface area contributed by atoms with E-state index in [9.17, 15) is 4.79 Å². The summed E-state index contributed by atoms with van der Waals surface area (Å²) in [6.07, 6.45) is 1.75. The first-order chi connectivity index (χ1) is 13.0. The van der Waals surface area contributed by atoms with Crippen molar-refractivity contribution in [1.82, 2.24) is 15.2 Å². The second-order valence-electron chi connectivity index (χ2n) is 7.02. The molecule has 1 fully saturated rings. The van der Waals surface area contributed by atoms with E-state index in [1.54, 1.807) is 17.0 Å². The Morgan fingerprint density at radius 2 is 2.04 bits per heavy atom. The standard InChI is InChI=1S/C20H20ClN3O3/c1-12(2)15-10-19(27-22-15)17-8-5-9-24(17)20(25)16-11-18(26-23-16)13-6-3-4-7-14(13)21/h3-4,6-7,10-12,17H,5,8-9H2,1-2H3. The van der Waals surface area contributed by atoms with Crippen molar-refractivity contribution in [2.75, 3.05) is 6.54 Å². The number of amides is 1. The molecule has 1 saturated heterocycles. The van der Waals surface area contributed by atoms with Crippen LogP contribution in [-0.4, -0.2) is 27.7 Å². The van der Waals surface area contributed by atoms with Crippen LogP contribution in [0.1, 0.15) is 60.6 Å². The third kappa shape index (κ3) is 3.37. The fourth-order valence-corrected chi connectivity index (χ4v) is 3.58. The zero-order chi connectivity index (χ0) is 19.0. The minimum Gasteiger partial charge on any atom is -0.359 e. The molecule has 6 nitrogen and oxygen atoms in total. The predicted octanol–water partition coefficient (Wildman–Crippen LogP) is 5.08. The molecule has 4 rings (SSSR count). The number of aromatic nitrogens is 2. The van der Waals surface area contributed by atoms with E-state index in [0.717, 1.165) is 24.3 Å². The minimum absolute atomic E-state index is 0.127. The summed E-state index contributed by atoms with van der Waals surface area (Å²) in [4.78, 5) is 14.8. The highest BCUT2D eigenvalue weighted by molar-refractivity contribution is 6.33. The second-order valence-corrected chi connectivity index (χ2v) is 7.43. The number of hydrogen-bond acceptors (Lipinski definition) is 5. The lowest BCUT2D eigenvalue weighted by molar-refractivity contribution is 0.0704. The fraction of sp³-hybridized carbons (Fsp3) is 0.350. The fourth-order valence-electron chi connectivity index (χ4n) is 3.35. The van der Waals surface area contributed by atoms with E-state index in [2.05, 4.69) is 24.2 Å². The molecule has 3 aromatic rings. The summed E-state index contributed by atoms with van der Waals surface area (Å²) >= 11 is 6.20. The molecule has 0 saturated carbocycles. The molecule has 1 amide bonds. The Morgan fingerprint density at radius 3 is 2.78 bits per heavy atom. The van der Waals surface area contributed by atoms with Crippen molar-refractivity contribution in [3.8, 4) is 11.3 Å². The zero-order valence-corrected chi connectivity index (χ0v) is 15.9. The maximum atomic E-state index is 13.0. The van der Waals surface area contributed by atoms with Gasteiger partial charge in [0.25, 0.3) is 5.91 Å². The van der Waals surface area contributed by atoms with Gasteiger partial charge in [0, 0.05) is 24.2 Å². The van der Waals surface area contributed by atoms with Crippen molar-refractivity contribution in [2.45, 2.75) is 38.6 Å². The largest absolute Gasteiger partial charge is 0.359 e. The molecule has 27 heavy (non-hydrogen) atoms. The average molecular weight is 386 g/mol. The van der Waals surface area contributed by atoms with Crippen LogP contribution in [0.2, 0.25) is 5.02 Å². The molecule has 3 heterocycles. The maximum absolute atomic E-state index is 13.0. The van der Waals surface area contributed by atoms with Gasteiger partial charge in [-0.15, -0.1) is 0 Å². The molecular formula is C20H20ClN3O3. The number of nitrogens with zero attached hydrogens (tertiary/aromatic N) is 3. The van der Waals surface area contributed by atoms with Crippen LogP contribution >= 0.6 is 11.6 Å². The van der Waals surface area contributed by atoms with Crippen molar-refractivity contribution in [2.24, 2.45) is 0 Å². The molecule has 1 aromatic carbocycles. The van der Waals surface area contributed by atoms with Gasteiger partial charge in [-0.2, -0.15) is 0 Å². The van der Waals surface area contributed by atoms with Crippen molar-refractivity contribution in [3.05, 3.63) is 58.6 Å². The molecule has 7 heteroatoms. The Balaban J connectivity index is 1.58. The summed E-state index contributed by atoms with van der Waals surface area (Å²) in [5.74, 6) is 1.30. The van der Waals surface area contributed by atoms with Gasteiger partial charge in [-0.1, -0.05) is 47.9 Å². The molecule has 1 unspecified atom stereocenters. The van der Waals surface area contributed by atoms with Gasteiger partial charge in [-0.05, 0) is 30.9 Å². The normalized spacial score (nSPS) is 17.0. The molecule has 0 radical (unpaired) electrons. The summed E-state index contributed by atoms with van der Waals surface area (Å²) in [6, 6.07) is 10.8. The van der Waals surface area contributed by atoms with Crippen molar-refractivity contribution < 1.29 is 13.8 Å². The van der Waals surface area contributed by atoms with Crippen molar-refractivity contribution in [1.29, 1.82) is 0 Å². The Bertz CT molecular complexity index is 963. The topological polar surface area (TPSA) is 72.4 Å². The van der Waals surface area contributed by atoms with E-state index in [1.807, 2.05) is 24.3 Å². The number of benzene rings is 1. The van der Waals surface area contributed by atoms with Crippen LogP contribution in [0.4, 0.5) is 0 Å². The monoisotopic (exact) mass is 385 g/mol. The molecule has 1 aliphatic rings. The summed E-state index contributed by atoms with van der Waals surface area (Å²) < 4.78 is 10.9. The van der Waals surface area contributed by atoms with Crippen LogP contribution in [0.3, 0.4) is 0 Å². The van der Waals surface area contributed by atoms with Crippen molar-refractivity contribution in [3.63, 3.8) is 0 Å². The Morgan fingerprint density at radius 1 is 1.22 bits per heavy atom. The van der Waals surface area contributed by atoms with Crippen molar-refractivity contribution >= 4 is 17.5 Å². The van der Waals surface area contributed by atoms with Gasteiger partial charge in [0.15, 0.2) is 17.2 Å². The summed E-state index contributed by atoms with van der Waals surface area (Å²) in [5, 5.41) is 8.64. The lowest BCUT2D eigenvalue weighted by Crippen LogP contribution is -2.30. The summed E-state index contributed by atoms with van der Waals surface area (Å²) in [7, 11) is 0. The lowest BCUT2D eigenvalue weighted by Gasteiger charge is -2.21. The summed E-state index contributed by atoms with van der Waals surface area (Å²) in [5.41, 5.74) is 1.87. The van der Waals surface area contributed by atoms with E-state index in [-0.39, 0.29) is 23.6 Å². The van der Waals surface area contributed by atoms with Gasteiger partial charge >= 0.3 is 0 Å². The quantitative estimate of drug-likeness (QED) is 0.625. The van der Waals surface area contributed by atoms with E-state index in [4.69, 9.17) is 20.6 Å². The minimum atomic E-state index is -0.179. The SMILES string of the molecule is CC(C)c1cc(C2CCCN2C(=O)c2cc(-c3ccccc3Cl)on2)on1. The van der Waals surface area contributed by atoms with Crippen LogP contribution < -0.4 is 0 Å². The molecule has 0 bridgehead atoms. The smallest absolute Gasteiger partial charge is 0.276 e. The third-order valence-corrected chi connectivity index (χ3v) is 5.18. The molecule has 0 aliphatic carbocycles. The number of halogens is 1. The number of carbonyl (C=O) groups is 1. The van der Waals surface area contributed by atoms with Crippen LogP contribution in [0.5, 0.6) is 0 Å². The maximum Gasteiger partial charge on any atom is 0.276 e. The number of hydrogen-bond donors (Lipinski definition) is 0. The van der Waals surface area contributed by atoms with Crippen LogP contribution in [0.15, 0.2) is 45.4 Å². The van der Waals surface area contributed by atoms with Gasteiger partial charge in [0.2, 0.25) is 0 Å². The number of likely N-dealkylation sites (tertiary alicyclic amines) is 1. The van der Waals surface area contributed by atoms with Gasteiger partial charge < -0.3 is 13.9 Å². The molecule has 1 aliphatic heterocycles. The van der Waals surface area contributed by atoms with Gasteiger partial charge in [0.05, 0.1) is 16.8 Å². The second kappa shape index (κ2) is 7.19. The van der Waals surface area contributed by atoms with Gasteiger partial charge in [0.1, 0.15) is 0 Å². The van der Waals surface area contributed by atoms with Gasteiger partial charge in [-0.25, -0.2) is 0 Å². The first kappa shape index (κ1) is 17.8. The van der Waals surface area contributed by atoms with Gasteiger partial charge in [-0.3, -0.25) is 4.79 Å². The highest BCUT2D eigenvalue weighted by Crippen LogP contribution is 2.35. The highest BCUT2D eigenvalue weighted by atomic mass is 35.5. The van der Waals surface area contributed by atoms with E-state index in [0.29, 0.717) is 22.9 Å². The predicted molar refractivity (Wildman–Crippen MR) is 101 cm³/mol. The Kier molecular flexibility index (Phi) is 4.74. The lowest BCUT2D eigenvalue weighted by atomic mass is 10.1. The molecule has 1 atom stereocenters. The van der Waals surface area contributed by atoms with Crippen LogP contribution in [0.25, 0.3) is 11.3 Å². The van der Waals surface area contributed by atoms with Crippen LogP contribution in [-0.2, 0) is 0 Å². The average Bonchev–Trinajstić information content (AvgIpc) is 3.40. The Labute approximate surface area is 162 Å². The molecular weight excluding hydrogens is 366 g/mol. The van der Waals surface area contributed by atoms with E-state index in [1.165, 1.54) is 0 Å². The molecule has 2 aromatic heterocycles. The molecule has 0 spiro atoms. The Hall–Kier alpha value is -2.60.